The van der Waals surface area contributed by atoms with Gasteiger partial charge in [-0.1, -0.05) is 0 Å². The van der Waals surface area contributed by atoms with Crippen molar-refractivity contribution in [3.63, 3.8) is 0 Å². The summed E-state index contributed by atoms with van der Waals surface area (Å²) < 4.78 is 6.48. The molecule has 5 heteroatoms. The molecule has 0 saturated carbocycles. The molecule has 1 aromatic rings. The summed E-state index contributed by atoms with van der Waals surface area (Å²) in [5, 5.41) is 8.52. The van der Waals surface area contributed by atoms with Gasteiger partial charge in [0.15, 0.2) is 0 Å². The maximum absolute atomic E-state index is 12.0. The molecule has 0 bridgehead atoms. The van der Waals surface area contributed by atoms with Crippen LogP contribution in [0.25, 0.3) is 6.08 Å². The Labute approximate surface area is 99.0 Å². The average molecular weight is 237 g/mol. The summed E-state index contributed by atoms with van der Waals surface area (Å²) in [5.74, 6) is -1.08. The number of aliphatic carboxylic acids is 1. The molecular weight excluding hydrogens is 222 g/mol. The standard InChI is InChI=1S/C12H15NO4/c1-9-3-4-10(5-6-11(14)15)12(16)13(9)7-8-17-2/h3-6H,7-8H2,1-2H3,(H,14,15)/b6-5+. The average Bonchev–Trinajstić information content (AvgIpc) is 2.27. The zero-order valence-corrected chi connectivity index (χ0v) is 9.84. The van der Waals surface area contributed by atoms with Gasteiger partial charge in [0.1, 0.15) is 0 Å². The number of hydrogen-bond acceptors (Lipinski definition) is 3. The Kier molecular flexibility index (Phi) is 4.66. The molecule has 0 atom stereocenters. The SMILES string of the molecule is COCCn1c(C)ccc(/C=C/C(=O)O)c1=O. The molecule has 0 amide bonds. The van der Waals surface area contributed by atoms with Gasteiger partial charge < -0.3 is 14.4 Å². The van der Waals surface area contributed by atoms with Crippen molar-refractivity contribution in [1.29, 1.82) is 0 Å². The van der Waals surface area contributed by atoms with Crippen LogP contribution in [0, 0.1) is 6.92 Å². The van der Waals surface area contributed by atoms with Crippen LogP contribution in [0.15, 0.2) is 23.0 Å². The molecule has 0 aliphatic rings. The summed E-state index contributed by atoms with van der Waals surface area (Å²) in [6.45, 7) is 2.71. The third kappa shape index (κ3) is 3.57. The minimum Gasteiger partial charge on any atom is -0.478 e. The highest BCUT2D eigenvalue weighted by Gasteiger charge is 2.04. The van der Waals surface area contributed by atoms with Crippen LogP contribution in [0.4, 0.5) is 0 Å². The van der Waals surface area contributed by atoms with Crippen LogP contribution in [-0.2, 0) is 16.1 Å². The fourth-order valence-corrected chi connectivity index (χ4v) is 1.44. The van der Waals surface area contributed by atoms with Crippen LogP contribution >= 0.6 is 0 Å². The Hall–Kier alpha value is -1.88. The minimum absolute atomic E-state index is 0.209. The van der Waals surface area contributed by atoms with Gasteiger partial charge in [-0.3, -0.25) is 4.79 Å². The summed E-state index contributed by atoms with van der Waals surface area (Å²) in [7, 11) is 1.56. The Morgan fingerprint density at radius 3 is 2.82 bits per heavy atom. The number of hydrogen-bond donors (Lipinski definition) is 1. The normalized spacial score (nSPS) is 10.9. The number of aromatic nitrogens is 1. The fraction of sp³-hybridized carbons (Fsp3) is 0.333. The molecule has 92 valence electrons. The largest absolute Gasteiger partial charge is 0.478 e. The van der Waals surface area contributed by atoms with Gasteiger partial charge in [0.25, 0.3) is 5.56 Å². The number of methoxy groups -OCH3 is 1. The second-order valence-corrected chi connectivity index (χ2v) is 3.55. The first kappa shape index (κ1) is 13.2. The van der Waals surface area contributed by atoms with Crippen LogP contribution in [0.5, 0.6) is 0 Å². The van der Waals surface area contributed by atoms with Gasteiger partial charge in [-0.2, -0.15) is 0 Å². The number of carboxylic acid groups (broad SMARTS) is 1. The highest BCUT2D eigenvalue weighted by molar-refractivity contribution is 5.85. The first-order chi connectivity index (χ1) is 8.06. The van der Waals surface area contributed by atoms with Crippen molar-refractivity contribution in [1.82, 2.24) is 4.57 Å². The highest BCUT2D eigenvalue weighted by atomic mass is 16.5. The molecule has 5 nitrogen and oxygen atoms in total. The lowest BCUT2D eigenvalue weighted by molar-refractivity contribution is -0.131. The molecule has 0 fully saturated rings. The molecular formula is C12H15NO4. The minimum atomic E-state index is -1.08. The summed E-state index contributed by atoms with van der Waals surface area (Å²) in [4.78, 5) is 22.4. The number of rotatable bonds is 5. The molecule has 0 radical (unpaired) electrons. The van der Waals surface area contributed by atoms with E-state index in [1.807, 2.05) is 6.92 Å². The van der Waals surface area contributed by atoms with Crippen LogP contribution < -0.4 is 5.56 Å². The van der Waals surface area contributed by atoms with Crippen LogP contribution in [0.1, 0.15) is 11.3 Å². The van der Waals surface area contributed by atoms with Gasteiger partial charge in [-0.25, -0.2) is 4.79 Å². The predicted octanol–water partition coefficient (Wildman–Crippen LogP) is 0.901. The van der Waals surface area contributed by atoms with Crippen LogP contribution in [0.3, 0.4) is 0 Å². The van der Waals surface area contributed by atoms with Gasteiger partial charge in [0.2, 0.25) is 0 Å². The van der Waals surface area contributed by atoms with Gasteiger partial charge in [-0.05, 0) is 25.1 Å². The van der Waals surface area contributed by atoms with Crippen molar-refractivity contribution in [3.05, 3.63) is 39.8 Å². The van der Waals surface area contributed by atoms with E-state index < -0.39 is 5.97 Å². The molecule has 0 aliphatic carbocycles. The summed E-state index contributed by atoms with van der Waals surface area (Å²) in [6, 6.07) is 3.39. The monoisotopic (exact) mass is 237 g/mol. The van der Waals surface area contributed by atoms with E-state index in [2.05, 4.69) is 0 Å². The molecule has 0 aromatic carbocycles. The number of ether oxygens (including phenoxy) is 1. The number of nitrogens with zero attached hydrogens (tertiary/aromatic N) is 1. The lowest BCUT2D eigenvalue weighted by Crippen LogP contribution is -2.25. The zero-order chi connectivity index (χ0) is 12.8. The fourth-order valence-electron chi connectivity index (χ4n) is 1.44. The lowest BCUT2D eigenvalue weighted by atomic mass is 10.2. The van der Waals surface area contributed by atoms with Crippen molar-refractivity contribution >= 4 is 12.0 Å². The van der Waals surface area contributed by atoms with E-state index in [1.54, 1.807) is 23.8 Å². The predicted molar refractivity (Wildman–Crippen MR) is 64.0 cm³/mol. The van der Waals surface area contributed by atoms with Crippen molar-refractivity contribution in [3.8, 4) is 0 Å². The van der Waals surface area contributed by atoms with Gasteiger partial charge in [-0.15, -0.1) is 0 Å². The quantitative estimate of drug-likeness (QED) is 0.772. The van der Waals surface area contributed by atoms with E-state index in [0.29, 0.717) is 18.7 Å². The summed E-state index contributed by atoms with van der Waals surface area (Å²) >= 11 is 0. The third-order valence-electron chi connectivity index (χ3n) is 2.35. The van der Waals surface area contributed by atoms with E-state index in [9.17, 15) is 9.59 Å². The second-order valence-electron chi connectivity index (χ2n) is 3.55. The molecule has 0 saturated heterocycles. The molecule has 0 aliphatic heterocycles. The van der Waals surface area contributed by atoms with E-state index in [1.165, 1.54) is 6.08 Å². The first-order valence-corrected chi connectivity index (χ1v) is 5.16. The smallest absolute Gasteiger partial charge is 0.328 e. The third-order valence-corrected chi connectivity index (χ3v) is 2.35. The Morgan fingerprint density at radius 1 is 1.53 bits per heavy atom. The maximum atomic E-state index is 12.0. The Balaban J connectivity index is 3.10. The number of pyridine rings is 1. The molecule has 0 unspecified atom stereocenters. The topological polar surface area (TPSA) is 68.5 Å². The summed E-state index contributed by atoms with van der Waals surface area (Å²) in [6.07, 6.45) is 2.25. The van der Waals surface area contributed by atoms with Gasteiger partial charge >= 0.3 is 5.97 Å². The number of carbonyl (C=O) groups is 1. The summed E-state index contributed by atoms with van der Waals surface area (Å²) in [5.41, 5.74) is 0.966. The molecule has 0 spiro atoms. The van der Waals surface area contributed by atoms with Gasteiger partial charge in [0, 0.05) is 31.0 Å². The Morgan fingerprint density at radius 2 is 2.24 bits per heavy atom. The molecule has 1 heterocycles. The maximum Gasteiger partial charge on any atom is 0.328 e. The molecule has 1 aromatic heterocycles. The van der Waals surface area contributed by atoms with Crippen LogP contribution in [-0.4, -0.2) is 29.4 Å². The number of carboxylic acids is 1. The van der Waals surface area contributed by atoms with Gasteiger partial charge in [0.05, 0.1) is 6.61 Å². The van der Waals surface area contributed by atoms with E-state index in [4.69, 9.17) is 9.84 Å². The van der Waals surface area contributed by atoms with E-state index >= 15 is 0 Å². The number of aryl methyl sites for hydroxylation is 1. The first-order valence-electron chi connectivity index (χ1n) is 5.16. The Bertz CT molecular complexity index is 488. The molecule has 1 N–H and O–H groups in total. The zero-order valence-electron chi connectivity index (χ0n) is 9.84. The van der Waals surface area contributed by atoms with Crippen molar-refractivity contribution in [2.75, 3.05) is 13.7 Å². The van der Waals surface area contributed by atoms with Crippen LogP contribution in [0.2, 0.25) is 0 Å². The second kappa shape index (κ2) is 6.00. The van der Waals surface area contributed by atoms with E-state index in [-0.39, 0.29) is 5.56 Å². The highest BCUT2D eigenvalue weighted by Crippen LogP contribution is 2.00. The lowest BCUT2D eigenvalue weighted by Gasteiger charge is -2.09. The molecule has 1 rings (SSSR count). The van der Waals surface area contributed by atoms with Crippen molar-refractivity contribution < 1.29 is 14.6 Å². The van der Waals surface area contributed by atoms with Crippen molar-refractivity contribution in [2.45, 2.75) is 13.5 Å². The molecule has 17 heavy (non-hydrogen) atoms. The van der Waals surface area contributed by atoms with Crippen molar-refractivity contribution in [2.24, 2.45) is 0 Å². The van der Waals surface area contributed by atoms with E-state index in [0.717, 1.165) is 11.8 Å².